The summed E-state index contributed by atoms with van der Waals surface area (Å²) < 4.78 is 0. The molecule has 1 unspecified atom stereocenters. The van der Waals surface area contributed by atoms with E-state index in [1.54, 1.807) is 0 Å². The molecule has 0 aliphatic rings. The molecule has 0 saturated carbocycles. The average Bonchev–Trinajstić information content (AvgIpc) is 2.24. The van der Waals surface area contributed by atoms with Crippen LogP contribution in [0.4, 0.5) is 0 Å². The van der Waals surface area contributed by atoms with Gasteiger partial charge in [-0.1, -0.05) is 43.2 Å². The van der Waals surface area contributed by atoms with Crippen LogP contribution in [0.25, 0.3) is 0 Å². The maximum absolute atomic E-state index is 9.03. The first kappa shape index (κ1) is 15.2. The molecule has 0 radical (unpaired) electrons. The standard InChI is InChI=1S/C16H27NO/c1-12-8-13(2)10-15(9-12)14(3)17-11-16(4,5)6-7-18/h8-10,14,17-18H,6-7,11H2,1-5H3. The van der Waals surface area contributed by atoms with Crippen molar-refractivity contribution in [1.82, 2.24) is 5.32 Å². The van der Waals surface area contributed by atoms with Gasteiger partial charge in [0.15, 0.2) is 0 Å². The third kappa shape index (κ3) is 4.79. The number of hydrogen-bond acceptors (Lipinski definition) is 2. The van der Waals surface area contributed by atoms with Crippen molar-refractivity contribution in [3.63, 3.8) is 0 Å². The van der Waals surface area contributed by atoms with Gasteiger partial charge >= 0.3 is 0 Å². The van der Waals surface area contributed by atoms with Crippen LogP contribution in [0.2, 0.25) is 0 Å². The van der Waals surface area contributed by atoms with E-state index in [1.807, 2.05) is 0 Å². The van der Waals surface area contributed by atoms with Crippen molar-refractivity contribution < 1.29 is 5.11 Å². The third-order valence-electron chi connectivity index (χ3n) is 3.42. The molecule has 1 atom stereocenters. The van der Waals surface area contributed by atoms with E-state index in [9.17, 15) is 0 Å². The van der Waals surface area contributed by atoms with Gasteiger partial charge in [0.05, 0.1) is 0 Å². The molecule has 0 aromatic heterocycles. The maximum atomic E-state index is 9.03. The van der Waals surface area contributed by atoms with Crippen molar-refractivity contribution in [2.75, 3.05) is 13.2 Å². The molecule has 1 aromatic carbocycles. The molecule has 18 heavy (non-hydrogen) atoms. The second-order valence-electron chi connectivity index (χ2n) is 6.16. The summed E-state index contributed by atoms with van der Waals surface area (Å²) in [4.78, 5) is 0. The molecule has 0 fully saturated rings. The third-order valence-corrected chi connectivity index (χ3v) is 3.42. The van der Waals surface area contributed by atoms with Gasteiger partial charge in [0.2, 0.25) is 0 Å². The Morgan fingerprint density at radius 2 is 1.72 bits per heavy atom. The van der Waals surface area contributed by atoms with E-state index in [-0.39, 0.29) is 12.0 Å². The molecule has 2 heteroatoms. The van der Waals surface area contributed by atoms with Gasteiger partial charge < -0.3 is 10.4 Å². The van der Waals surface area contributed by atoms with Gasteiger partial charge in [0.25, 0.3) is 0 Å². The normalized spacial score (nSPS) is 13.7. The molecule has 1 rings (SSSR count). The lowest BCUT2D eigenvalue weighted by atomic mass is 9.89. The minimum Gasteiger partial charge on any atom is -0.396 e. The van der Waals surface area contributed by atoms with E-state index in [1.165, 1.54) is 16.7 Å². The lowest BCUT2D eigenvalue weighted by molar-refractivity contribution is 0.204. The Morgan fingerprint density at radius 3 is 2.22 bits per heavy atom. The smallest absolute Gasteiger partial charge is 0.0436 e. The van der Waals surface area contributed by atoms with Gasteiger partial charge in [0.1, 0.15) is 0 Å². The van der Waals surface area contributed by atoms with E-state index in [4.69, 9.17) is 5.11 Å². The summed E-state index contributed by atoms with van der Waals surface area (Å²) in [6, 6.07) is 7.03. The molecule has 0 spiro atoms. The van der Waals surface area contributed by atoms with Crippen LogP contribution >= 0.6 is 0 Å². The van der Waals surface area contributed by atoms with Crippen molar-refractivity contribution >= 4 is 0 Å². The van der Waals surface area contributed by atoms with Gasteiger partial charge in [-0.25, -0.2) is 0 Å². The van der Waals surface area contributed by atoms with E-state index in [2.05, 4.69) is 58.1 Å². The topological polar surface area (TPSA) is 32.3 Å². The first-order chi connectivity index (χ1) is 8.34. The summed E-state index contributed by atoms with van der Waals surface area (Å²) in [6.07, 6.45) is 0.833. The summed E-state index contributed by atoms with van der Waals surface area (Å²) in [6.45, 7) is 12.0. The molecule has 0 amide bonds. The molecule has 2 nitrogen and oxygen atoms in total. The fourth-order valence-electron chi connectivity index (χ4n) is 2.20. The number of benzene rings is 1. The molecule has 1 aromatic rings. The lowest BCUT2D eigenvalue weighted by Gasteiger charge is -2.27. The summed E-state index contributed by atoms with van der Waals surface area (Å²) in [5.41, 5.74) is 4.11. The summed E-state index contributed by atoms with van der Waals surface area (Å²) in [7, 11) is 0. The highest BCUT2D eigenvalue weighted by molar-refractivity contribution is 5.30. The van der Waals surface area contributed by atoms with Crippen molar-refractivity contribution in [2.24, 2.45) is 5.41 Å². The Balaban J connectivity index is 2.62. The number of aliphatic hydroxyl groups excluding tert-OH is 1. The average molecular weight is 249 g/mol. The van der Waals surface area contributed by atoms with E-state index >= 15 is 0 Å². The number of aryl methyl sites for hydroxylation is 2. The Morgan fingerprint density at radius 1 is 1.17 bits per heavy atom. The maximum Gasteiger partial charge on any atom is 0.0436 e. The molecule has 0 aliphatic heterocycles. The minimum absolute atomic E-state index is 0.141. The fourth-order valence-corrected chi connectivity index (χ4v) is 2.20. The molecule has 102 valence electrons. The number of rotatable bonds is 6. The zero-order valence-electron chi connectivity index (χ0n) is 12.4. The van der Waals surface area contributed by atoms with Crippen LogP contribution in [-0.4, -0.2) is 18.3 Å². The van der Waals surface area contributed by atoms with Gasteiger partial charge in [-0.2, -0.15) is 0 Å². The van der Waals surface area contributed by atoms with Crippen molar-refractivity contribution in [3.8, 4) is 0 Å². The van der Waals surface area contributed by atoms with Crippen LogP contribution < -0.4 is 5.32 Å². The second-order valence-corrected chi connectivity index (χ2v) is 6.16. The van der Waals surface area contributed by atoms with Gasteiger partial charge in [-0.05, 0) is 38.2 Å². The highest BCUT2D eigenvalue weighted by Gasteiger charge is 2.18. The van der Waals surface area contributed by atoms with Crippen LogP contribution in [0.1, 0.15) is 49.9 Å². The SMILES string of the molecule is Cc1cc(C)cc(C(C)NCC(C)(C)CCO)c1. The van der Waals surface area contributed by atoms with Gasteiger partial charge in [0, 0.05) is 19.2 Å². The number of hydrogen-bond donors (Lipinski definition) is 2. The molecule has 2 N–H and O–H groups in total. The van der Waals surface area contributed by atoms with Gasteiger partial charge in [-0.3, -0.25) is 0 Å². The quantitative estimate of drug-likeness (QED) is 0.810. The molecule has 0 bridgehead atoms. The molecule has 0 heterocycles. The Kier molecular flexibility index (Phi) is 5.36. The van der Waals surface area contributed by atoms with Crippen LogP contribution in [0.3, 0.4) is 0 Å². The Bertz CT molecular complexity index is 364. The highest BCUT2D eigenvalue weighted by atomic mass is 16.3. The molecule has 0 aliphatic carbocycles. The predicted molar refractivity (Wildman–Crippen MR) is 77.8 cm³/mol. The van der Waals surface area contributed by atoms with E-state index in [0.717, 1.165) is 13.0 Å². The first-order valence-electron chi connectivity index (χ1n) is 6.76. The van der Waals surface area contributed by atoms with Crippen LogP contribution in [0.15, 0.2) is 18.2 Å². The monoisotopic (exact) mass is 249 g/mol. The van der Waals surface area contributed by atoms with E-state index in [0.29, 0.717) is 6.04 Å². The van der Waals surface area contributed by atoms with Crippen LogP contribution in [0.5, 0.6) is 0 Å². The molecular formula is C16H27NO. The molecule has 0 saturated heterocycles. The lowest BCUT2D eigenvalue weighted by Crippen LogP contribution is -2.32. The second kappa shape index (κ2) is 6.35. The van der Waals surface area contributed by atoms with Crippen molar-refractivity contribution in [2.45, 2.75) is 47.1 Å². The minimum atomic E-state index is 0.141. The van der Waals surface area contributed by atoms with Crippen molar-refractivity contribution in [3.05, 3.63) is 34.9 Å². The van der Waals surface area contributed by atoms with E-state index < -0.39 is 0 Å². The summed E-state index contributed by atoms with van der Waals surface area (Å²) >= 11 is 0. The number of nitrogens with one attached hydrogen (secondary N) is 1. The summed E-state index contributed by atoms with van der Waals surface area (Å²) in [5.74, 6) is 0. The Labute approximate surface area is 111 Å². The molecular weight excluding hydrogens is 222 g/mol. The fraction of sp³-hybridized carbons (Fsp3) is 0.625. The van der Waals surface area contributed by atoms with Crippen molar-refractivity contribution in [1.29, 1.82) is 0 Å². The number of aliphatic hydroxyl groups is 1. The van der Waals surface area contributed by atoms with Gasteiger partial charge in [-0.15, -0.1) is 0 Å². The zero-order chi connectivity index (χ0) is 13.8. The largest absolute Gasteiger partial charge is 0.396 e. The predicted octanol–water partition coefficient (Wildman–Crippen LogP) is 3.36. The van der Waals surface area contributed by atoms with Crippen LogP contribution in [-0.2, 0) is 0 Å². The zero-order valence-corrected chi connectivity index (χ0v) is 12.4. The summed E-state index contributed by atoms with van der Waals surface area (Å²) in [5, 5.41) is 12.6. The Hall–Kier alpha value is -0.860. The van der Waals surface area contributed by atoms with Crippen LogP contribution in [0, 0.1) is 19.3 Å². The first-order valence-corrected chi connectivity index (χ1v) is 6.76. The highest BCUT2D eigenvalue weighted by Crippen LogP contribution is 2.21.